The molecule has 2 N–H and O–H groups in total. The predicted molar refractivity (Wildman–Crippen MR) is 65.8 cm³/mol. The lowest BCUT2D eigenvalue weighted by molar-refractivity contribution is 0.149. The van der Waals surface area contributed by atoms with E-state index in [4.69, 9.17) is 4.74 Å². The smallest absolute Gasteiger partial charge is 0.121 e. The first-order chi connectivity index (χ1) is 7.65. The van der Waals surface area contributed by atoms with E-state index < -0.39 is 0 Å². The summed E-state index contributed by atoms with van der Waals surface area (Å²) < 4.78 is 5.24. The summed E-state index contributed by atoms with van der Waals surface area (Å²) >= 11 is 0. The highest BCUT2D eigenvalue weighted by molar-refractivity contribution is 5.42. The molecule has 1 rings (SSSR count). The van der Waals surface area contributed by atoms with Crippen LogP contribution in [0.1, 0.15) is 23.6 Å². The summed E-state index contributed by atoms with van der Waals surface area (Å²) in [7, 11) is 0. The highest BCUT2D eigenvalue weighted by Gasteiger charge is 2.02. The Morgan fingerprint density at radius 3 is 2.44 bits per heavy atom. The molecule has 90 valence electrons. The van der Waals surface area contributed by atoms with E-state index in [1.165, 1.54) is 5.56 Å². The van der Waals surface area contributed by atoms with Crippen LogP contribution in [-0.2, 0) is 11.3 Å². The van der Waals surface area contributed by atoms with Crippen LogP contribution in [0.5, 0.6) is 5.75 Å². The zero-order valence-corrected chi connectivity index (χ0v) is 10.3. The lowest BCUT2D eigenvalue weighted by atomic mass is 10.1. The number of hydrogen-bond donors (Lipinski definition) is 2. The molecule has 1 aromatic carbocycles. The molecule has 1 aromatic rings. The minimum absolute atomic E-state index is 0.401. The Labute approximate surface area is 97.4 Å². The van der Waals surface area contributed by atoms with Crippen LogP contribution in [0.2, 0.25) is 0 Å². The van der Waals surface area contributed by atoms with Gasteiger partial charge in [-0.15, -0.1) is 0 Å². The maximum Gasteiger partial charge on any atom is 0.121 e. The van der Waals surface area contributed by atoms with Gasteiger partial charge in [0.15, 0.2) is 0 Å². The van der Waals surface area contributed by atoms with Gasteiger partial charge in [-0.3, -0.25) is 0 Å². The van der Waals surface area contributed by atoms with Crippen molar-refractivity contribution < 1.29 is 9.84 Å². The second-order valence-corrected chi connectivity index (χ2v) is 3.95. The van der Waals surface area contributed by atoms with Crippen molar-refractivity contribution in [2.24, 2.45) is 0 Å². The van der Waals surface area contributed by atoms with E-state index in [0.29, 0.717) is 5.75 Å². The molecule has 0 aliphatic rings. The van der Waals surface area contributed by atoms with E-state index in [1.54, 1.807) is 0 Å². The Morgan fingerprint density at radius 1 is 1.25 bits per heavy atom. The minimum atomic E-state index is 0.401. The van der Waals surface area contributed by atoms with Gasteiger partial charge in [-0.05, 0) is 37.5 Å². The van der Waals surface area contributed by atoms with E-state index in [0.717, 1.165) is 37.4 Å². The minimum Gasteiger partial charge on any atom is -0.507 e. The number of nitrogens with one attached hydrogen (secondary N) is 1. The van der Waals surface area contributed by atoms with Crippen LogP contribution in [-0.4, -0.2) is 24.9 Å². The molecule has 3 heteroatoms. The third kappa shape index (κ3) is 3.83. The summed E-state index contributed by atoms with van der Waals surface area (Å²) in [5.41, 5.74) is 3.06. The molecule has 0 aliphatic carbocycles. The Kier molecular flexibility index (Phi) is 5.29. The van der Waals surface area contributed by atoms with Gasteiger partial charge in [-0.1, -0.05) is 12.1 Å². The molecule has 3 nitrogen and oxygen atoms in total. The molecule has 0 heterocycles. The normalized spacial score (nSPS) is 10.7. The van der Waals surface area contributed by atoms with Crippen LogP contribution in [0, 0.1) is 13.8 Å². The molecule has 0 aromatic heterocycles. The fourth-order valence-electron chi connectivity index (χ4n) is 1.67. The number of ether oxygens (including phenoxy) is 1. The summed E-state index contributed by atoms with van der Waals surface area (Å²) in [6.45, 7) is 9.01. The van der Waals surface area contributed by atoms with Crippen molar-refractivity contribution in [3.8, 4) is 5.75 Å². The summed E-state index contributed by atoms with van der Waals surface area (Å²) in [5, 5.41) is 12.9. The van der Waals surface area contributed by atoms with Gasteiger partial charge in [0.25, 0.3) is 0 Å². The average molecular weight is 223 g/mol. The Balaban J connectivity index is 2.43. The first kappa shape index (κ1) is 13.0. The molecular formula is C13H21NO2. The maximum atomic E-state index is 9.63. The van der Waals surface area contributed by atoms with Gasteiger partial charge in [-0.2, -0.15) is 0 Å². The molecule has 0 amide bonds. The zero-order valence-electron chi connectivity index (χ0n) is 10.3. The lowest BCUT2D eigenvalue weighted by Gasteiger charge is -2.09. The van der Waals surface area contributed by atoms with Gasteiger partial charge in [0.2, 0.25) is 0 Å². The molecule has 0 bridgehead atoms. The standard InChI is InChI=1S/C13H21NO2/c1-4-16-6-5-14-9-12-7-10(2)13(15)11(3)8-12/h7-8,14-15H,4-6,9H2,1-3H3. The van der Waals surface area contributed by atoms with E-state index in [-0.39, 0.29) is 0 Å². The van der Waals surface area contributed by atoms with Gasteiger partial charge >= 0.3 is 0 Å². The fraction of sp³-hybridized carbons (Fsp3) is 0.538. The van der Waals surface area contributed by atoms with Gasteiger partial charge in [-0.25, -0.2) is 0 Å². The second kappa shape index (κ2) is 6.51. The zero-order chi connectivity index (χ0) is 12.0. The summed E-state index contributed by atoms with van der Waals surface area (Å²) in [4.78, 5) is 0. The number of phenols is 1. The van der Waals surface area contributed by atoms with E-state index in [1.807, 2.05) is 32.9 Å². The number of hydrogen-bond acceptors (Lipinski definition) is 3. The third-order valence-corrected chi connectivity index (χ3v) is 2.51. The number of phenolic OH excluding ortho intramolecular Hbond substituents is 1. The Morgan fingerprint density at radius 2 is 1.88 bits per heavy atom. The second-order valence-electron chi connectivity index (χ2n) is 3.95. The molecule has 0 spiro atoms. The van der Waals surface area contributed by atoms with E-state index in [9.17, 15) is 5.11 Å². The van der Waals surface area contributed by atoms with Crippen LogP contribution >= 0.6 is 0 Å². The number of rotatable bonds is 6. The number of aromatic hydroxyl groups is 1. The molecule has 0 unspecified atom stereocenters. The van der Waals surface area contributed by atoms with Gasteiger partial charge < -0.3 is 15.2 Å². The van der Waals surface area contributed by atoms with Crippen molar-refractivity contribution in [3.63, 3.8) is 0 Å². The number of benzene rings is 1. The quantitative estimate of drug-likeness (QED) is 0.726. The summed E-state index contributed by atoms with van der Waals surface area (Å²) in [5.74, 6) is 0.401. The third-order valence-electron chi connectivity index (χ3n) is 2.51. The van der Waals surface area contributed by atoms with Gasteiger partial charge in [0.1, 0.15) is 5.75 Å². The highest BCUT2D eigenvalue weighted by Crippen LogP contribution is 2.22. The molecular weight excluding hydrogens is 202 g/mol. The molecule has 16 heavy (non-hydrogen) atoms. The predicted octanol–water partition coefficient (Wildman–Crippen LogP) is 2.14. The van der Waals surface area contributed by atoms with Crippen LogP contribution in [0.3, 0.4) is 0 Å². The van der Waals surface area contributed by atoms with Crippen molar-refractivity contribution >= 4 is 0 Å². The first-order valence-corrected chi connectivity index (χ1v) is 5.72. The van der Waals surface area contributed by atoms with Crippen LogP contribution in [0.15, 0.2) is 12.1 Å². The largest absolute Gasteiger partial charge is 0.507 e. The van der Waals surface area contributed by atoms with Gasteiger partial charge in [0.05, 0.1) is 6.61 Å². The monoisotopic (exact) mass is 223 g/mol. The van der Waals surface area contributed by atoms with Crippen molar-refractivity contribution in [1.29, 1.82) is 0 Å². The Hall–Kier alpha value is -1.06. The first-order valence-electron chi connectivity index (χ1n) is 5.72. The number of aryl methyl sites for hydroxylation is 2. The van der Waals surface area contributed by atoms with E-state index in [2.05, 4.69) is 5.32 Å². The molecule has 0 fully saturated rings. The van der Waals surface area contributed by atoms with Crippen LogP contribution in [0.4, 0.5) is 0 Å². The SMILES string of the molecule is CCOCCNCc1cc(C)c(O)c(C)c1. The van der Waals surface area contributed by atoms with Crippen LogP contribution < -0.4 is 5.32 Å². The van der Waals surface area contributed by atoms with E-state index >= 15 is 0 Å². The Bertz CT molecular complexity index is 314. The summed E-state index contributed by atoms with van der Waals surface area (Å²) in [6.07, 6.45) is 0. The average Bonchev–Trinajstić information content (AvgIpc) is 2.25. The highest BCUT2D eigenvalue weighted by atomic mass is 16.5. The summed E-state index contributed by atoms with van der Waals surface area (Å²) in [6, 6.07) is 4.02. The molecule has 0 aliphatic heterocycles. The molecule has 0 saturated carbocycles. The molecule has 0 atom stereocenters. The van der Waals surface area contributed by atoms with Crippen molar-refractivity contribution in [3.05, 3.63) is 28.8 Å². The van der Waals surface area contributed by atoms with Crippen LogP contribution in [0.25, 0.3) is 0 Å². The van der Waals surface area contributed by atoms with Crippen molar-refractivity contribution in [1.82, 2.24) is 5.32 Å². The maximum absolute atomic E-state index is 9.63. The van der Waals surface area contributed by atoms with Crippen molar-refractivity contribution in [2.45, 2.75) is 27.3 Å². The molecule has 0 saturated heterocycles. The lowest BCUT2D eigenvalue weighted by Crippen LogP contribution is -2.19. The van der Waals surface area contributed by atoms with Crippen molar-refractivity contribution in [2.75, 3.05) is 19.8 Å². The topological polar surface area (TPSA) is 41.5 Å². The fourth-order valence-corrected chi connectivity index (χ4v) is 1.67. The molecule has 0 radical (unpaired) electrons. The van der Waals surface area contributed by atoms with Gasteiger partial charge in [0, 0.05) is 19.7 Å².